The van der Waals surface area contributed by atoms with Crippen molar-refractivity contribution in [2.24, 2.45) is 0 Å². The zero-order valence-electron chi connectivity index (χ0n) is 11.6. The number of rotatable bonds is 3. The molecule has 1 aromatic heterocycles. The van der Waals surface area contributed by atoms with E-state index in [-0.39, 0.29) is 5.82 Å². The molecule has 3 heteroatoms. The Morgan fingerprint density at radius 1 is 1.15 bits per heavy atom. The first-order valence-electron chi connectivity index (χ1n) is 6.84. The molecule has 2 nitrogen and oxygen atoms in total. The summed E-state index contributed by atoms with van der Waals surface area (Å²) in [5.74, 6) is 0.774. The summed E-state index contributed by atoms with van der Waals surface area (Å²) in [7, 11) is 0. The maximum Gasteiger partial charge on any atom is 0.227 e. The number of nitrogens with zero attached hydrogens (tertiary/aromatic N) is 1. The molecule has 20 heavy (non-hydrogen) atoms. The second-order valence-corrected chi connectivity index (χ2v) is 5.06. The number of oxazole rings is 1. The fourth-order valence-electron chi connectivity index (χ4n) is 2.20. The van der Waals surface area contributed by atoms with Crippen molar-refractivity contribution >= 4 is 11.1 Å². The number of hydrogen-bond donors (Lipinski definition) is 0. The van der Waals surface area contributed by atoms with Gasteiger partial charge in [-0.25, -0.2) is 9.37 Å². The van der Waals surface area contributed by atoms with Gasteiger partial charge in [-0.05, 0) is 54.3 Å². The average Bonchev–Trinajstić information content (AvgIpc) is 2.90. The largest absolute Gasteiger partial charge is 0.436 e. The molecule has 2 aromatic carbocycles. The lowest BCUT2D eigenvalue weighted by molar-refractivity contribution is 0.616. The Hall–Kier alpha value is -2.16. The molecule has 1 heterocycles. The molecular weight excluding hydrogens is 253 g/mol. The molecule has 1 unspecified atom stereocenters. The van der Waals surface area contributed by atoms with Crippen LogP contribution < -0.4 is 0 Å². The van der Waals surface area contributed by atoms with Gasteiger partial charge in [0.05, 0.1) is 0 Å². The van der Waals surface area contributed by atoms with Gasteiger partial charge in [0.25, 0.3) is 0 Å². The summed E-state index contributed by atoms with van der Waals surface area (Å²) in [6.07, 6.45) is 1.09. The normalized spacial score (nSPS) is 12.8. The Kier molecular flexibility index (Phi) is 3.26. The van der Waals surface area contributed by atoms with Crippen LogP contribution >= 0.6 is 0 Å². The lowest BCUT2D eigenvalue weighted by atomic mass is 9.98. The lowest BCUT2D eigenvalue weighted by Crippen LogP contribution is -1.90. The monoisotopic (exact) mass is 269 g/mol. The van der Waals surface area contributed by atoms with E-state index in [1.807, 2.05) is 6.07 Å². The van der Waals surface area contributed by atoms with Gasteiger partial charge in [-0.1, -0.05) is 19.9 Å². The number of hydrogen-bond acceptors (Lipinski definition) is 2. The Bertz CT molecular complexity index is 730. The molecule has 0 bridgehead atoms. The maximum absolute atomic E-state index is 12.9. The van der Waals surface area contributed by atoms with Crippen LogP contribution in [-0.4, -0.2) is 4.98 Å². The van der Waals surface area contributed by atoms with Crippen LogP contribution in [0.15, 0.2) is 46.9 Å². The number of halogens is 1. The first-order chi connectivity index (χ1) is 9.67. The van der Waals surface area contributed by atoms with E-state index in [0.717, 1.165) is 23.1 Å². The third kappa shape index (κ3) is 2.31. The molecule has 0 aliphatic rings. The van der Waals surface area contributed by atoms with Crippen LogP contribution in [0.25, 0.3) is 22.6 Å². The van der Waals surface area contributed by atoms with Gasteiger partial charge in [0.15, 0.2) is 5.58 Å². The third-order valence-corrected chi connectivity index (χ3v) is 3.68. The molecule has 0 saturated carbocycles. The smallest absolute Gasteiger partial charge is 0.227 e. The highest BCUT2D eigenvalue weighted by Crippen LogP contribution is 2.27. The molecule has 0 saturated heterocycles. The van der Waals surface area contributed by atoms with Gasteiger partial charge < -0.3 is 4.42 Å². The fraction of sp³-hybridized carbons (Fsp3) is 0.235. The van der Waals surface area contributed by atoms with Gasteiger partial charge in [0, 0.05) is 5.56 Å². The molecule has 0 aliphatic carbocycles. The van der Waals surface area contributed by atoms with Gasteiger partial charge in [-0.15, -0.1) is 0 Å². The van der Waals surface area contributed by atoms with Crippen molar-refractivity contribution < 1.29 is 8.81 Å². The highest BCUT2D eigenvalue weighted by atomic mass is 19.1. The highest BCUT2D eigenvalue weighted by Gasteiger charge is 2.10. The summed E-state index contributed by atoms with van der Waals surface area (Å²) in [4.78, 5) is 4.50. The maximum atomic E-state index is 12.9. The van der Waals surface area contributed by atoms with E-state index in [1.165, 1.54) is 17.7 Å². The predicted molar refractivity (Wildman–Crippen MR) is 78.1 cm³/mol. The highest BCUT2D eigenvalue weighted by molar-refractivity contribution is 5.77. The summed E-state index contributed by atoms with van der Waals surface area (Å²) >= 11 is 0. The zero-order valence-corrected chi connectivity index (χ0v) is 11.6. The average molecular weight is 269 g/mol. The predicted octanol–water partition coefficient (Wildman–Crippen LogP) is 5.15. The van der Waals surface area contributed by atoms with Gasteiger partial charge in [0.2, 0.25) is 5.89 Å². The number of fused-ring (bicyclic) bond motifs is 1. The zero-order chi connectivity index (χ0) is 14.1. The second-order valence-electron chi connectivity index (χ2n) is 5.06. The molecule has 102 valence electrons. The molecule has 0 amide bonds. The first-order valence-corrected chi connectivity index (χ1v) is 6.84. The number of benzene rings is 2. The van der Waals surface area contributed by atoms with E-state index in [1.54, 1.807) is 12.1 Å². The Morgan fingerprint density at radius 2 is 1.90 bits per heavy atom. The molecule has 3 aromatic rings. The van der Waals surface area contributed by atoms with Crippen LogP contribution in [0.1, 0.15) is 31.7 Å². The minimum absolute atomic E-state index is 0.260. The van der Waals surface area contributed by atoms with E-state index in [2.05, 4.69) is 31.0 Å². The Balaban J connectivity index is 2.04. The Morgan fingerprint density at radius 3 is 2.60 bits per heavy atom. The molecule has 0 N–H and O–H groups in total. The van der Waals surface area contributed by atoms with E-state index in [4.69, 9.17) is 4.42 Å². The van der Waals surface area contributed by atoms with Gasteiger partial charge in [0.1, 0.15) is 11.3 Å². The van der Waals surface area contributed by atoms with Crippen LogP contribution in [0, 0.1) is 5.82 Å². The summed E-state index contributed by atoms with van der Waals surface area (Å²) in [6, 6.07) is 12.3. The minimum Gasteiger partial charge on any atom is -0.436 e. The standard InChI is InChI=1S/C17H16FNO/c1-3-11(2)13-6-9-16-15(10-13)19-17(20-16)12-4-7-14(18)8-5-12/h4-11H,3H2,1-2H3. The molecule has 1 atom stereocenters. The van der Waals surface area contributed by atoms with E-state index in [9.17, 15) is 4.39 Å². The molecule has 3 rings (SSSR count). The van der Waals surface area contributed by atoms with Crippen molar-refractivity contribution in [3.63, 3.8) is 0 Å². The number of aromatic nitrogens is 1. The summed E-state index contributed by atoms with van der Waals surface area (Å²) in [6.45, 7) is 4.36. The quantitative estimate of drug-likeness (QED) is 0.657. The van der Waals surface area contributed by atoms with Gasteiger partial charge in [-0.2, -0.15) is 0 Å². The fourth-order valence-corrected chi connectivity index (χ4v) is 2.20. The van der Waals surface area contributed by atoms with Crippen molar-refractivity contribution in [3.05, 3.63) is 53.8 Å². The topological polar surface area (TPSA) is 26.0 Å². The summed E-state index contributed by atoms with van der Waals surface area (Å²) in [5, 5.41) is 0. The molecular formula is C17H16FNO. The SMILES string of the molecule is CCC(C)c1ccc2oc(-c3ccc(F)cc3)nc2c1. The second kappa shape index (κ2) is 5.08. The van der Waals surface area contributed by atoms with Crippen molar-refractivity contribution in [3.8, 4) is 11.5 Å². The summed E-state index contributed by atoms with van der Waals surface area (Å²) < 4.78 is 18.7. The van der Waals surface area contributed by atoms with Crippen LogP contribution in [0.2, 0.25) is 0 Å². The lowest BCUT2D eigenvalue weighted by Gasteiger charge is -2.07. The van der Waals surface area contributed by atoms with Crippen molar-refractivity contribution in [2.75, 3.05) is 0 Å². The van der Waals surface area contributed by atoms with Crippen LogP contribution in [0.5, 0.6) is 0 Å². The molecule has 0 aliphatic heterocycles. The van der Waals surface area contributed by atoms with Crippen molar-refractivity contribution in [2.45, 2.75) is 26.2 Å². The molecule has 0 spiro atoms. The van der Waals surface area contributed by atoms with E-state index >= 15 is 0 Å². The third-order valence-electron chi connectivity index (χ3n) is 3.68. The van der Waals surface area contributed by atoms with Crippen molar-refractivity contribution in [1.82, 2.24) is 4.98 Å². The molecule has 0 radical (unpaired) electrons. The first kappa shape index (κ1) is 12.9. The van der Waals surface area contributed by atoms with Gasteiger partial charge >= 0.3 is 0 Å². The van der Waals surface area contributed by atoms with Crippen LogP contribution in [0.4, 0.5) is 4.39 Å². The van der Waals surface area contributed by atoms with E-state index < -0.39 is 0 Å². The minimum atomic E-state index is -0.260. The van der Waals surface area contributed by atoms with Crippen LogP contribution in [0.3, 0.4) is 0 Å². The van der Waals surface area contributed by atoms with Gasteiger partial charge in [-0.3, -0.25) is 0 Å². The summed E-state index contributed by atoms with van der Waals surface area (Å²) in [5.41, 5.74) is 3.66. The van der Waals surface area contributed by atoms with E-state index in [0.29, 0.717) is 11.8 Å². The Labute approximate surface area is 117 Å². The molecule has 0 fully saturated rings. The van der Waals surface area contributed by atoms with Crippen molar-refractivity contribution in [1.29, 1.82) is 0 Å². The van der Waals surface area contributed by atoms with Crippen LogP contribution in [-0.2, 0) is 0 Å².